The molecule has 1 aliphatic heterocycles. The van der Waals surface area contributed by atoms with E-state index in [9.17, 15) is 4.79 Å². The second-order valence-electron chi connectivity index (χ2n) is 6.35. The summed E-state index contributed by atoms with van der Waals surface area (Å²) in [6.45, 7) is 3.15. The Morgan fingerprint density at radius 2 is 2.25 bits per heavy atom. The summed E-state index contributed by atoms with van der Waals surface area (Å²) in [6.07, 6.45) is 4.95. The maximum atomic E-state index is 12.8. The Labute approximate surface area is 141 Å². The zero-order valence-electron chi connectivity index (χ0n) is 14.3. The number of likely N-dealkylation sites (tertiary alicyclic amines) is 1. The minimum absolute atomic E-state index is 0.0544. The van der Waals surface area contributed by atoms with Gasteiger partial charge in [0.2, 0.25) is 5.91 Å². The van der Waals surface area contributed by atoms with Crippen molar-refractivity contribution in [3.05, 3.63) is 29.7 Å². The van der Waals surface area contributed by atoms with Crippen LogP contribution in [0.5, 0.6) is 0 Å². The molecule has 0 aliphatic carbocycles. The molecular formula is C16H24N6O2. The van der Waals surface area contributed by atoms with E-state index >= 15 is 0 Å². The SMILES string of the molecule is CO[C@@H]1C[C@@H](Cn2ccc(N)n2)N(C(=O)Cc2cn(C)nc2C)C1. The monoisotopic (exact) mass is 332 g/mol. The van der Waals surface area contributed by atoms with Crippen molar-refractivity contribution in [2.45, 2.75) is 38.5 Å². The maximum Gasteiger partial charge on any atom is 0.227 e. The van der Waals surface area contributed by atoms with Gasteiger partial charge in [-0.15, -0.1) is 0 Å². The van der Waals surface area contributed by atoms with Crippen LogP contribution in [0.1, 0.15) is 17.7 Å². The van der Waals surface area contributed by atoms with E-state index in [-0.39, 0.29) is 18.1 Å². The highest BCUT2D eigenvalue weighted by atomic mass is 16.5. The highest BCUT2D eigenvalue weighted by Gasteiger charge is 2.35. The molecule has 3 rings (SSSR count). The quantitative estimate of drug-likeness (QED) is 0.854. The lowest BCUT2D eigenvalue weighted by Gasteiger charge is -2.24. The summed E-state index contributed by atoms with van der Waals surface area (Å²) in [4.78, 5) is 14.7. The Morgan fingerprint density at radius 3 is 2.83 bits per heavy atom. The molecule has 8 heteroatoms. The number of ether oxygens (including phenoxy) is 1. The summed E-state index contributed by atoms with van der Waals surface area (Å²) in [7, 11) is 3.55. The molecule has 24 heavy (non-hydrogen) atoms. The molecule has 0 aromatic carbocycles. The molecule has 0 saturated carbocycles. The number of nitrogen functional groups attached to an aromatic ring is 1. The van der Waals surface area contributed by atoms with Crippen molar-refractivity contribution in [1.29, 1.82) is 0 Å². The van der Waals surface area contributed by atoms with Crippen molar-refractivity contribution in [3.8, 4) is 0 Å². The molecule has 1 fully saturated rings. The Hall–Kier alpha value is -2.35. The Balaban J connectivity index is 1.72. The number of aromatic nitrogens is 4. The van der Waals surface area contributed by atoms with Crippen LogP contribution in [0.2, 0.25) is 0 Å². The zero-order valence-corrected chi connectivity index (χ0v) is 14.3. The molecule has 0 unspecified atom stereocenters. The van der Waals surface area contributed by atoms with Gasteiger partial charge in [-0.25, -0.2) is 0 Å². The van der Waals surface area contributed by atoms with Crippen molar-refractivity contribution in [1.82, 2.24) is 24.5 Å². The molecule has 1 saturated heterocycles. The van der Waals surface area contributed by atoms with Crippen LogP contribution in [0, 0.1) is 6.92 Å². The number of nitrogens with zero attached hydrogens (tertiary/aromatic N) is 5. The first-order valence-corrected chi connectivity index (χ1v) is 8.06. The molecule has 2 aromatic rings. The number of hydrogen-bond donors (Lipinski definition) is 1. The molecule has 1 amide bonds. The van der Waals surface area contributed by atoms with E-state index in [0.717, 1.165) is 17.7 Å². The Kier molecular flexibility index (Phi) is 4.57. The highest BCUT2D eigenvalue weighted by molar-refractivity contribution is 5.79. The van der Waals surface area contributed by atoms with Crippen LogP contribution in [0.25, 0.3) is 0 Å². The lowest BCUT2D eigenvalue weighted by atomic mass is 10.1. The second-order valence-corrected chi connectivity index (χ2v) is 6.35. The van der Waals surface area contributed by atoms with Gasteiger partial charge in [-0.1, -0.05) is 0 Å². The predicted molar refractivity (Wildman–Crippen MR) is 89.2 cm³/mol. The van der Waals surface area contributed by atoms with Crippen LogP contribution in [0.3, 0.4) is 0 Å². The van der Waals surface area contributed by atoms with E-state index in [4.69, 9.17) is 10.5 Å². The molecule has 0 radical (unpaired) electrons. The summed E-state index contributed by atoms with van der Waals surface area (Å²) in [5.74, 6) is 0.580. The number of carbonyl (C=O) groups excluding carboxylic acids is 1. The summed E-state index contributed by atoms with van der Waals surface area (Å²) in [5, 5.41) is 8.53. The van der Waals surface area contributed by atoms with Gasteiger partial charge in [0.05, 0.1) is 30.8 Å². The van der Waals surface area contributed by atoms with Crippen LogP contribution < -0.4 is 5.73 Å². The van der Waals surface area contributed by atoms with Gasteiger partial charge in [-0.3, -0.25) is 14.2 Å². The largest absolute Gasteiger partial charge is 0.382 e. The van der Waals surface area contributed by atoms with Crippen LogP contribution in [0.15, 0.2) is 18.5 Å². The van der Waals surface area contributed by atoms with Gasteiger partial charge in [0.25, 0.3) is 0 Å². The summed E-state index contributed by atoms with van der Waals surface area (Å²) in [5.41, 5.74) is 7.53. The molecule has 3 heterocycles. The third-order valence-electron chi connectivity index (χ3n) is 4.55. The number of anilines is 1. The van der Waals surface area contributed by atoms with Crippen LogP contribution in [-0.2, 0) is 29.5 Å². The van der Waals surface area contributed by atoms with E-state index in [1.807, 2.05) is 31.3 Å². The first-order chi connectivity index (χ1) is 11.5. The second kappa shape index (κ2) is 6.64. The van der Waals surface area contributed by atoms with Gasteiger partial charge in [-0.2, -0.15) is 10.2 Å². The topological polar surface area (TPSA) is 91.2 Å². The van der Waals surface area contributed by atoms with Gasteiger partial charge >= 0.3 is 0 Å². The number of aryl methyl sites for hydroxylation is 2. The molecule has 2 N–H and O–H groups in total. The minimum Gasteiger partial charge on any atom is -0.382 e. The fourth-order valence-electron chi connectivity index (χ4n) is 3.30. The number of nitrogens with two attached hydrogens (primary N) is 1. The molecule has 1 aliphatic rings. The average molecular weight is 332 g/mol. The number of amides is 1. The van der Waals surface area contributed by atoms with Crippen molar-refractivity contribution < 1.29 is 9.53 Å². The van der Waals surface area contributed by atoms with Crippen molar-refractivity contribution >= 4 is 11.7 Å². The van der Waals surface area contributed by atoms with Gasteiger partial charge in [-0.05, 0) is 19.4 Å². The third kappa shape index (κ3) is 3.43. The van der Waals surface area contributed by atoms with E-state index < -0.39 is 0 Å². The molecular weight excluding hydrogens is 308 g/mol. The van der Waals surface area contributed by atoms with Crippen molar-refractivity contribution in [3.63, 3.8) is 0 Å². The third-order valence-corrected chi connectivity index (χ3v) is 4.55. The van der Waals surface area contributed by atoms with Crippen molar-refractivity contribution in [2.75, 3.05) is 19.4 Å². The summed E-state index contributed by atoms with van der Waals surface area (Å²) in [6, 6.07) is 1.81. The zero-order chi connectivity index (χ0) is 17.3. The Morgan fingerprint density at radius 1 is 1.46 bits per heavy atom. The minimum atomic E-state index is 0.0544. The maximum absolute atomic E-state index is 12.8. The van der Waals surface area contributed by atoms with E-state index in [2.05, 4.69) is 10.2 Å². The van der Waals surface area contributed by atoms with E-state index in [1.54, 1.807) is 22.5 Å². The fourth-order valence-corrected chi connectivity index (χ4v) is 3.30. The molecule has 130 valence electrons. The van der Waals surface area contributed by atoms with E-state index in [0.29, 0.717) is 25.3 Å². The molecule has 0 bridgehead atoms. The first-order valence-electron chi connectivity index (χ1n) is 8.06. The van der Waals surface area contributed by atoms with Crippen LogP contribution >= 0.6 is 0 Å². The van der Waals surface area contributed by atoms with Gasteiger partial charge in [0, 0.05) is 38.7 Å². The number of carbonyl (C=O) groups is 1. The number of methoxy groups -OCH3 is 1. The Bertz CT molecular complexity index is 722. The summed E-state index contributed by atoms with van der Waals surface area (Å²) < 4.78 is 9.00. The van der Waals surface area contributed by atoms with Gasteiger partial charge in [0.15, 0.2) is 0 Å². The first kappa shape index (κ1) is 16.5. The molecule has 2 aromatic heterocycles. The number of hydrogen-bond acceptors (Lipinski definition) is 5. The van der Waals surface area contributed by atoms with E-state index in [1.165, 1.54) is 0 Å². The average Bonchev–Trinajstić information content (AvgIpc) is 3.20. The lowest BCUT2D eigenvalue weighted by Crippen LogP contribution is -2.39. The highest BCUT2D eigenvalue weighted by Crippen LogP contribution is 2.23. The van der Waals surface area contributed by atoms with Crippen molar-refractivity contribution in [2.24, 2.45) is 7.05 Å². The van der Waals surface area contributed by atoms with Crippen LogP contribution in [0.4, 0.5) is 5.82 Å². The van der Waals surface area contributed by atoms with Gasteiger partial charge in [0.1, 0.15) is 5.82 Å². The fraction of sp³-hybridized carbons (Fsp3) is 0.562. The smallest absolute Gasteiger partial charge is 0.227 e. The molecule has 2 atom stereocenters. The molecule has 8 nitrogen and oxygen atoms in total. The standard InChI is InChI=1S/C16H24N6O2/c1-11-12(8-20(2)18-11)6-16(23)22-10-14(24-3)7-13(22)9-21-5-4-15(17)19-21/h4-5,8,13-14H,6-7,9-10H2,1-3H3,(H2,17,19)/t13-,14+/m0/s1. The summed E-state index contributed by atoms with van der Waals surface area (Å²) >= 11 is 0. The van der Waals surface area contributed by atoms with Crippen LogP contribution in [-0.4, -0.2) is 56.2 Å². The van der Waals surface area contributed by atoms with Gasteiger partial charge < -0.3 is 15.4 Å². The number of rotatable bonds is 5. The molecule has 0 spiro atoms. The predicted octanol–water partition coefficient (Wildman–Crippen LogP) is 0.366. The lowest BCUT2D eigenvalue weighted by molar-refractivity contribution is -0.131. The normalized spacial score (nSPS) is 20.7.